The summed E-state index contributed by atoms with van der Waals surface area (Å²) in [5.74, 6) is 0.685. The lowest BCUT2D eigenvalue weighted by molar-refractivity contribution is -0.137. The highest BCUT2D eigenvalue weighted by molar-refractivity contribution is 5.89. The van der Waals surface area contributed by atoms with E-state index in [1.54, 1.807) is 37.5 Å². The van der Waals surface area contributed by atoms with Gasteiger partial charge in [0.2, 0.25) is 0 Å². The van der Waals surface area contributed by atoms with Crippen LogP contribution in [0.25, 0.3) is 11.6 Å². The number of allylic oxidation sites excluding steroid dienone is 1. The zero-order chi connectivity index (χ0) is 16.2. The lowest BCUT2D eigenvalue weighted by atomic mass is 10.0. The van der Waals surface area contributed by atoms with E-state index in [-0.39, 0.29) is 0 Å². The van der Waals surface area contributed by atoms with Crippen molar-refractivity contribution in [3.63, 3.8) is 0 Å². The fourth-order valence-corrected chi connectivity index (χ4v) is 1.89. The van der Waals surface area contributed by atoms with Gasteiger partial charge in [-0.05, 0) is 41.5 Å². The molecule has 0 unspecified atom stereocenters. The molecule has 0 aliphatic heterocycles. The number of nitriles is 1. The smallest absolute Gasteiger partial charge is 0.416 e. The minimum Gasteiger partial charge on any atom is -0.497 e. The summed E-state index contributed by atoms with van der Waals surface area (Å²) in [6.07, 6.45) is -2.77. The van der Waals surface area contributed by atoms with Crippen LogP contribution < -0.4 is 4.74 Å². The van der Waals surface area contributed by atoms with Crippen molar-refractivity contribution in [1.29, 1.82) is 5.26 Å². The fourth-order valence-electron chi connectivity index (χ4n) is 1.89. The molecule has 2 aromatic carbocycles. The number of rotatable bonds is 3. The van der Waals surface area contributed by atoms with Crippen LogP contribution in [-0.2, 0) is 6.18 Å². The van der Waals surface area contributed by atoms with E-state index in [4.69, 9.17) is 4.74 Å². The van der Waals surface area contributed by atoms with Crippen LogP contribution in [0.15, 0.2) is 48.5 Å². The molecule has 5 heteroatoms. The Hall–Kier alpha value is -2.74. The van der Waals surface area contributed by atoms with E-state index in [0.717, 1.165) is 17.7 Å². The molecule has 22 heavy (non-hydrogen) atoms. The van der Waals surface area contributed by atoms with Gasteiger partial charge in [-0.1, -0.05) is 24.3 Å². The molecular weight excluding hydrogens is 291 g/mol. The van der Waals surface area contributed by atoms with Gasteiger partial charge in [-0.15, -0.1) is 0 Å². The lowest BCUT2D eigenvalue weighted by Crippen LogP contribution is -2.04. The van der Waals surface area contributed by atoms with Crippen molar-refractivity contribution in [2.75, 3.05) is 7.11 Å². The molecule has 0 heterocycles. The standard InChI is InChI=1S/C17H12F3NO/c1-22-16-8-2-12(3-9-16)10-14(11-21)13-4-6-15(7-5-13)17(18,19)20/h2-10H,1H3/b14-10+. The Kier molecular flexibility index (Phi) is 4.52. The van der Waals surface area contributed by atoms with Crippen molar-refractivity contribution in [3.8, 4) is 11.8 Å². The van der Waals surface area contributed by atoms with Gasteiger partial charge >= 0.3 is 6.18 Å². The third kappa shape index (κ3) is 3.67. The summed E-state index contributed by atoms with van der Waals surface area (Å²) in [5.41, 5.74) is 0.750. The van der Waals surface area contributed by atoms with Gasteiger partial charge in [0.1, 0.15) is 5.75 Å². The molecule has 0 saturated heterocycles. The normalized spacial score (nSPS) is 11.9. The van der Waals surface area contributed by atoms with Crippen molar-refractivity contribution >= 4 is 11.6 Å². The highest BCUT2D eigenvalue weighted by atomic mass is 19.4. The molecule has 0 amide bonds. The van der Waals surface area contributed by atoms with E-state index >= 15 is 0 Å². The van der Waals surface area contributed by atoms with Gasteiger partial charge in [0, 0.05) is 0 Å². The second kappa shape index (κ2) is 6.35. The van der Waals surface area contributed by atoms with Crippen molar-refractivity contribution in [2.24, 2.45) is 0 Å². The Labute approximate surface area is 126 Å². The van der Waals surface area contributed by atoms with Gasteiger partial charge in [-0.25, -0.2) is 0 Å². The van der Waals surface area contributed by atoms with Crippen molar-refractivity contribution < 1.29 is 17.9 Å². The summed E-state index contributed by atoms with van der Waals surface area (Å²) in [7, 11) is 1.55. The van der Waals surface area contributed by atoms with E-state index in [0.29, 0.717) is 16.9 Å². The molecule has 0 N–H and O–H groups in total. The number of alkyl halides is 3. The molecule has 0 atom stereocenters. The second-order valence-corrected chi connectivity index (χ2v) is 4.52. The number of hydrogen-bond acceptors (Lipinski definition) is 2. The third-order valence-electron chi connectivity index (χ3n) is 3.07. The zero-order valence-electron chi connectivity index (χ0n) is 11.7. The first-order chi connectivity index (χ1) is 10.4. The number of ether oxygens (including phenoxy) is 1. The minimum atomic E-state index is -4.38. The Bertz CT molecular complexity index is 708. The van der Waals surface area contributed by atoms with E-state index in [9.17, 15) is 18.4 Å². The second-order valence-electron chi connectivity index (χ2n) is 4.52. The van der Waals surface area contributed by atoms with E-state index in [2.05, 4.69) is 0 Å². The van der Waals surface area contributed by atoms with E-state index < -0.39 is 11.7 Å². The molecule has 0 bridgehead atoms. The molecule has 0 spiro atoms. The van der Waals surface area contributed by atoms with Gasteiger partial charge in [0.05, 0.1) is 24.3 Å². The number of hydrogen-bond donors (Lipinski definition) is 0. The third-order valence-corrected chi connectivity index (χ3v) is 3.07. The number of methoxy groups -OCH3 is 1. The maximum atomic E-state index is 12.5. The molecule has 0 aliphatic carbocycles. The topological polar surface area (TPSA) is 33.0 Å². The van der Waals surface area contributed by atoms with Gasteiger partial charge < -0.3 is 4.74 Å². The van der Waals surface area contributed by atoms with Crippen LogP contribution in [0.3, 0.4) is 0 Å². The van der Waals surface area contributed by atoms with Crippen LogP contribution in [0.4, 0.5) is 13.2 Å². The van der Waals surface area contributed by atoms with Crippen LogP contribution in [0.1, 0.15) is 16.7 Å². The number of benzene rings is 2. The van der Waals surface area contributed by atoms with E-state index in [1.165, 1.54) is 12.1 Å². The predicted octanol–water partition coefficient (Wildman–Crippen LogP) is 4.78. The maximum Gasteiger partial charge on any atom is 0.416 e. The van der Waals surface area contributed by atoms with Crippen LogP contribution in [0.2, 0.25) is 0 Å². The quantitative estimate of drug-likeness (QED) is 0.604. The summed E-state index contributed by atoms with van der Waals surface area (Å²) in [6, 6.07) is 13.5. The Balaban J connectivity index is 2.31. The first-order valence-electron chi connectivity index (χ1n) is 6.37. The monoisotopic (exact) mass is 303 g/mol. The van der Waals surface area contributed by atoms with Crippen molar-refractivity contribution in [2.45, 2.75) is 6.18 Å². The molecule has 0 aromatic heterocycles. The van der Waals surface area contributed by atoms with Crippen LogP contribution >= 0.6 is 0 Å². The molecule has 2 nitrogen and oxygen atoms in total. The first-order valence-corrected chi connectivity index (χ1v) is 6.37. The zero-order valence-corrected chi connectivity index (χ0v) is 11.7. The summed E-state index contributed by atoms with van der Waals surface area (Å²) >= 11 is 0. The minimum absolute atomic E-state index is 0.291. The van der Waals surface area contributed by atoms with Crippen molar-refractivity contribution in [1.82, 2.24) is 0 Å². The SMILES string of the molecule is COc1ccc(/C=C(\C#N)c2ccc(C(F)(F)F)cc2)cc1. The number of nitrogens with zero attached hydrogens (tertiary/aromatic N) is 1. The van der Waals surface area contributed by atoms with Gasteiger partial charge in [-0.2, -0.15) is 18.4 Å². The largest absolute Gasteiger partial charge is 0.497 e. The maximum absolute atomic E-state index is 12.5. The molecule has 112 valence electrons. The van der Waals surface area contributed by atoms with Crippen LogP contribution in [0.5, 0.6) is 5.75 Å². The average molecular weight is 303 g/mol. The highest BCUT2D eigenvalue weighted by Crippen LogP contribution is 2.30. The Morgan fingerprint density at radius 3 is 2.09 bits per heavy atom. The molecule has 0 aliphatic rings. The average Bonchev–Trinajstić information content (AvgIpc) is 2.52. The molecular formula is C17H12F3NO. The Morgan fingerprint density at radius 2 is 1.64 bits per heavy atom. The first kappa shape index (κ1) is 15.6. The summed E-state index contributed by atoms with van der Waals surface area (Å²) in [4.78, 5) is 0. The van der Waals surface area contributed by atoms with Gasteiger partial charge in [0.15, 0.2) is 0 Å². The molecule has 2 rings (SSSR count). The summed E-state index contributed by atoms with van der Waals surface area (Å²) < 4.78 is 42.6. The molecule has 0 saturated carbocycles. The molecule has 0 radical (unpaired) electrons. The highest BCUT2D eigenvalue weighted by Gasteiger charge is 2.30. The van der Waals surface area contributed by atoms with Crippen molar-refractivity contribution in [3.05, 3.63) is 65.2 Å². The summed E-state index contributed by atoms with van der Waals surface area (Å²) in [6.45, 7) is 0. The Morgan fingerprint density at radius 1 is 1.05 bits per heavy atom. The fraction of sp³-hybridized carbons (Fsp3) is 0.118. The van der Waals surface area contributed by atoms with Crippen LogP contribution in [0, 0.1) is 11.3 Å². The molecule has 2 aromatic rings. The predicted molar refractivity (Wildman–Crippen MR) is 77.9 cm³/mol. The number of halogens is 3. The van der Waals surface area contributed by atoms with E-state index in [1.807, 2.05) is 6.07 Å². The van der Waals surface area contributed by atoms with Crippen LogP contribution in [-0.4, -0.2) is 7.11 Å². The van der Waals surface area contributed by atoms with Gasteiger partial charge in [-0.3, -0.25) is 0 Å². The molecule has 0 fully saturated rings. The summed E-state index contributed by atoms with van der Waals surface area (Å²) in [5, 5.41) is 9.21. The lowest BCUT2D eigenvalue weighted by Gasteiger charge is -2.07. The van der Waals surface area contributed by atoms with Gasteiger partial charge in [0.25, 0.3) is 0 Å².